The van der Waals surface area contributed by atoms with Crippen LogP contribution in [0.3, 0.4) is 0 Å². The highest BCUT2D eigenvalue weighted by Crippen LogP contribution is 2.77. The van der Waals surface area contributed by atoms with Gasteiger partial charge in [-0.3, -0.25) is 4.79 Å². The number of esters is 1. The third-order valence-corrected chi connectivity index (χ3v) is 14.5. The van der Waals surface area contributed by atoms with E-state index in [2.05, 4.69) is 64.1 Å². The van der Waals surface area contributed by atoms with Crippen molar-refractivity contribution in [2.24, 2.45) is 56.7 Å². The van der Waals surface area contributed by atoms with Crippen LogP contribution >= 0.6 is 15.9 Å². The van der Waals surface area contributed by atoms with Gasteiger partial charge in [0.25, 0.3) is 0 Å². The lowest BCUT2D eigenvalue weighted by Gasteiger charge is -2.72. The van der Waals surface area contributed by atoms with Gasteiger partial charge in [0, 0.05) is 5.33 Å². The zero-order chi connectivity index (χ0) is 27.0. The maximum Gasteiger partial charge on any atom is 0.312 e. The minimum Gasteiger partial charge on any atom is -0.465 e. The summed E-state index contributed by atoms with van der Waals surface area (Å²) >= 11 is 3.49. The summed E-state index contributed by atoms with van der Waals surface area (Å²) < 4.78 is 6.00. The molecule has 0 radical (unpaired) electrons. The number of carbonyl (C=O) groups excluding carboxylic acids is 1. The van der Waals surface area contributed by atoms with E-state index in [0.717, 1.165) is 50.3 Å². The molecule has 0 heterocycles. The number of hydrogen-bond acceptors (Lipinski definition) is 3. The molecule has 10 unspecified atom stereocenters. The van der Waals surface area contributed by atoms with Gasteiger partial charge in [-0.1, -0.05) is 62.7 Å². The fourth-order valence-corrected chi connectivity index (χ4v) is 12.1. The van der Waals surface area contributed by atoms with Crippen molar-refractivity contribution in [2.75, 3.05) is 11.9 Å². The molecule has 10 atom stereocenters. The molecule has 37 heavy (non-hydrogen) atoms. The van der Waals surface area contributed by atoms with E-state index in [1.54, 1.807) is 0 Å². The molecule has 0 saturated heterocycles. The lowest BCUT2D eigenvalue weighted by Crippen LogP contribution is -2.67. The monoisotopic (exact) mass is 576 g/mol. The van der Waals surface area contributed by atoms with E-state index in [-0.39, 0.29) is 39.1 Å². The number of hydrogen-bond donors (Lipinski definition) is 1. The second kappa shape index (κ2) is 9.35. The molecule has 0 aromatic carbocycles. The highest BCUT2D eigenvalue weighted by Gasteiger charge is 2.72. The van der Waals surface area contributed by atoms with Crippen LogP contribution in [0.4, 0.5) is 0 Å². The first-order chi connectivity index (χ1) is 17.3. The summed E-state index contributed by atoms with van der Waals surface area (Å²) in [4.78, 5) is 13.8. The number of alkyl halides is 1. The second-order valence-corrected chi connectivity index (χ2v) is 16.2. The first-order valence-electron chi connectivity index (χ1n) is 15.4. The summed E-state index contributed by atoms with van der Waals surface area (Å²) in [5.41, 5.74) is 1.73. The van der Waals surface area contributed by atoms with Crippen LogP contribution < -0.4 is 0 Å². The summed E-state index contributed by atoms with van der Waals surface area (Å²) in [5.74, 6) is 2.73. The Labute approximate surface area is 235 Å². The fourth-order valence-electron chi connectivity index (χ4n) is 11.8. The van der Waals surface area contributed by atoms with E-state index in [0.29, 0.717) is 36.2 Å². The molecule has 0 aromatic rings. The van der Waals surface area contributed by atoms with Crippen LogP contribution in [0.25, 0.3) is 0 Å². The second-order valence-electron chi connectivity index (χ2n) is 15.4. The molecule has 1 N–H and O–H groups in total. The molecule has 210 valence electrons. The molecule has 5 rings (SSSR count). The van der Waals surface area contributed by atoms with Crippen molar-refractivity contribution < 1.29 is 14.6 Å². The van der Waals surface area contributed by atoms with Gasteiger partial charge in [-0.25, -0.2) is 0 Å². The first-order valence-corrected chi connectivity index (χ1v) is 16.5. The van der Waals surface area contributed by atoms with Crippen LogP contribution in [-0.2, 0) is 9.53 Å². The highest BCUT2D eigenvalue weighted by molar-refractivity contribution is 9.09. The number of aliphatic hydroxyl groups excluding tert-OH is 1. The van der Waals surface area contributed by atoms with Crippen molar-refractivity contribution in [3.63, 3.8) is 0 Å². The number of halogens is 1. The van der Waals surface area contributed by atoms with Gasteiger partial charge in [0.15, 0.2) is 0 Å². The normalized spacial score (nSPS) is 50.3. The summed E-state index contributed by atoms with van der Waals surface area (Å²) in [6, 6.07) is 0. The van der Waals surface area contributed by atoms with Crippen LogP contribution in [0.15, 0.2) is 12.2 Å². The SMILES string of the molecule is C=C(C)C1CCC2(C(=O)OCCCBr)CCC3(C)C(CCC4C5(C)CCC(O)C(C)(C)C5CCC43C)C12. The first kappa shape index (κ1) is 28.2. The molecule has 0 bridgehead atoms. The fraction of sp³-hybridized carbons (Fsp3) is 0.909. The Morgan fingerprint density at radius 3 is 2.32 bits per heavy atom. The highest BCUT2D eigenvalue weighted by atomic mass is 79.9. The number of fused-ring (bicyclic) bond motifs is 7. The molecule has 0 amide bonds. The van der Waals surface area contributed by atoms with Gasteiger partial charge in [0.1, 0.15) is 0 Å². The van der Waals surface area contributed by atoms with Crippen molar-refractivity contribution in [1.29, 1.82) is 0 Å². The van der Waals surface area contributed by atoms with Gasteiger partial charge in [0.2, 0.25) is 0 Å². The van der Waals surface area contributed by atoms with Crippen LogP contribution in [0.2, 0.25) is 0 Å². The van der Waals surface area contributed by atoms with E-state index >= 15 is 0 Å². The number of rotatable bonds is 5. The molecular weight excluding hydrogens is 524 g/mol. The predicted octanol–water partition coefficient (Wildman–Crippen LogP) is 8.33. The van der Waals surface area contributed by atoms with E-state index in [1.165, 1.54) is 31.3 Å². The smallest absolute Gasteiger partial charge is 0.312 e. The molecule has 0 aromatic heterocycles. The largest absolute Gasteiger partial charge is 0.465 e. The molecule has 0 spiro atoms. The van der Waals surface area contributed by atoms with Crippen molar-refractivity contribution in [1.82, 2.24) is 0 Å². The number of allylic oxidation sites excluding steroid dienone is 1. The van der Waals surface area contributed by atoms with Crippen molar-refractivity contribution >= 4 is 21.9 Å². The topological polar surface area (TPSA) is 46.5 Å². The van der Waals surface area contributed by atoms with Gasteiger partial charge in [0.05, 0.1) is 18.1 Å². The Morgan fingerprint density at radius 1 is 0.919 bits per heavy atom. The van der Waals surface area contributed by atoms with Crippen LogP contribution in [-0.4, -0.2) is 29.1 Å². The Kier molecular flexibility index (Phi) is 7.13. The lowest BCUT2D eigenvalue weighted by molar-refractivity contribution is -0.248. The molecule has 5 aliphatic rings. The molecule has 5 saturated carbocycles. The predicted molar refractivity (Wildman–Crippen MR) is 154 cm³/mol. The number of carbonyl (C=O) groups is 1. The van der Waals surface area contributed by atoms with Gasteiger partial charge >= 0.3 is 5.97 Å². The van der Waals surface area contributed by atoms with Crippen LogP contribution in [0, 0.1) is 56.7 Å². The van der Waals surface area contributed by atoms with Gasteiger partial charge in [-0.2, -0.15) is 0 Å². The molecule has 4 heteroatoms. The quantitative estimate of drug-likeness (QED) is 0.155. The minimum absolute atomic E-state index is 0.0107. The zero-order valence-electron chi connectivity index (χ0n) is 24.5. The van der Waals surface area contributed by atoms with Crippen LogP contribution in [0.5, 0.6) is 0 Å². The van der Waals surface area contributed by atoms with Gasteiger partial charge in [-0.15, -0.1) is 0 Å². The van der Waals surface area contributed by atoms with Gasteiger partial charge in [-0.05, 0) is 129 Å². The summed E-state index contributed by atoms with van der Waals surface area (Å²) in [6.07, 6.45) is 12.0. The number of aliphatic hydroxyl groups is 1. The average Bonchev–Trinajstić information content (AvgIpc) is 3.24. The van der Waals surface area contributed by atoms with Crippen molar-refractivity contribution in [3.8, 4) is 0 Å². The van der Waals surface area contributed by atoms with E-state index in [1.807, 2.05) is 0 Å². The minimum atomic E-state index is -0.318. The van der Waals surface area contributed by atoms with E-state index in [9.17, 15) is 9.90 Å². The van der Waals surface area contributed by atoms with Gasteiger partial charge < -0.3 is 9.84 Å². The average molecular weight is 578 g/mol. The standard InChI is InChI=1S/C33H53BrO3/c1-21(2)22-11-16-33(28(36)37-20-8-19-34)18-17-31(6)23(27(22)33)9-10-25-30(5)14-13-26(35)29(3,4)24(30)12-15-32(25,31)7/h22-27,35H,1,8-20H2,2-7H3. The van der Waals surface area contributed by atoms with E-state index in [4.69, 9.17) is 4.74 Å². The third-order valence-electron chi connectivity index (χ3n) is 14.0. The molecule has 5 fully saturated rings. The Hall–Kier alpha value is -0.350. The summed E-state index contributed by atoms with van der Waals surface area (Å²) in [7, 11) is 0. The molecule has 0 aliphatic heterocycles. The molecule has 3 nitrogen and oxygen atoms in total. The Bertz CT molecular complexity index is 929. The van der Waals surface area contributed by atoms with Crippen molar-refractivity contribution in [3.05, 3.63) is 12.2 Å². The molecular formula is C33H53BrO3. The molecule has 5 aliphatic carbocycles. The lowest BCUT2D eigenvalue weighted by atomic mass is 9.32. The van der Waals surface area contributed by atoms with Crippen molar-refractivity contribution in [2.45, 2.75) is 118 Å². The third kappa shape index (κ3) is 3.76. The maximum atomic E-state index is 13.8. The number of ether oxygens (including phenoxy) is 1. The Morgan fingerprint density at radius 2 is 1.65 bits per heavy atom. The zero-order valence-corrected chi connectivity index (χ0v) is 26.1. The summed E-state index contributed by atoms with van der Waals surface area (Å²) in [5, 5.41) is 11.8. The van der Waals surface area contributed by atoms with Crippen LogP contribution in [0.1, 0.15) is 112 Å². The Balaban J connectivity index is 1.51. The summed E-state index contributed by atoms with van der Waals surface area (Å²) in [6.45, 7) is 19.7. The van der Waals surface area contributed by atoms with E-state index < -0.39 is 0 Å². The maximum absolute atomic E-state index is 13.8.